The average Bonchev–Trinajstić information content (AvgIpc) is 2.71. The molecule has 0 saturated heterocycles. The standard InChI is InChI=1S/3C10H13.CH3.Sn/c3*1-10(2,3)9-7-5-4-6-8-9;;/h3*5-8H,1-3H3;1H3;. The fraction of sp³-hybridized carbons (Fsp3) is 0.419. The van der Waals surface area contributed by atoms with Gasteiger partial charge in [-0.3, -0.25) is 0 Å². The molecule has 0 aliphatic rings. The normalized spacial score (nSPS) is 13.3. The van der Waals surface area contributed by atoms with E-state index in [1.165, 1.54) is 16.7 Å². The molecule has 0 bridgehead atoms. The van der Waals surface area contributed by atoms with Gasteiger partial charge in [-0.25, -0.2) is 0 Å². The molecule has 0 aliphatic heterocycles. The van der Waals surface area contributed by atoms with Gasteiger partial charge in [0.05, 0.1) is 0 Å². The fourth-order valence-corrected chi connectivity index (χ4v) is 14.4. The quantitative estimate of drug-likeness (QED) is 0.330. The molecule has 0 spiro atoms. The second kappa shape index (κ2) is 8.67. The van der Waals surface area contributed by atoms with Crippen molar-refractivity contribution in [2.45, 2.75) is 83.5 Å². The first-order valence-electron chi connectivity index (χ1n) is 12.0. The van der Waals surface area contributed by atoms with E-state index in [1.54, 1.807) is 10.7 Å². The Labute approximate surface area is 201 Å². The van der Waals surface area contributed by atoms with Crippen molar-refractivity contribution in [1.29, 1.82) is 0 Å². The molecule has 0 radical (unpaired) electrons. The van der Waals surface area contributed by atoms with Crippen molar-refractivity contribution in [3.05, 3.63) is 89.5 Å². The number of benzene rings is 3. The summed E-state index contributed by atoms with van der Waals surface area (Å²) in [7, 11) is 0. The first kappa shape index (κ1) is 25.1. The maximum atomic E-state index is 2.58. The van der Waals surface area contributed by atoms with E-state index in [4.69, 9.17) is 0 Å². The van der Waals surface area contributed by atoms with Crippen LogP contribution < -0.4 is 10.7 Å². The van der Waals surface area contributed by atoms with Crippen LogP contribution in [-0.4, -0.2) is 18.4 Å². The van der Waals surface area contributed by atoms with Crippen LogP contribution in [0.5, 0.6) is 0 Å². The van der Waals surface area contributed by atoms with Gasteiger partial charge in [0.1, 0.15) is 0 Å². The molecule has 0 fully saturated rings. The monoisotopic (exact) mass is 534 g/mol. The van der Waals surface area contributed by atoms with Gasteiger partial charge in [0.25, 0.3) is 0 Å². The Kier molecular flexibility index (Phi) is 6.80. The molecule has 3 rings (SSSR count). The van der Waals surface area contributed by atoms with Crippen LogP contribution in [0.15, 0.2) is 72.8 Å². The third kappa shape index (κ3) is 5.16. The van der Waals surface area contributed by atoms with Gasteiger partial charge in [0.2, 0.25) is 0 Å². The number of rotatable bonds is 3. The third-order valence-corrected chi connectivity index (χ3v) is 19.7. The van der Waals surface area contributed by atoms with Gasteiger partial charge in [0.15, 0.2) is 0 Å². The van der Waals surface area contributed by atoms with Crippen LogP contribution in [0.25, 0.3) is 0 Å². The summed E-state index contributed by atoms with van der Waals surface area (Å²) in [5.74, 6) is 0. The van der Waals surface area contributed by atoms with E-state index in [2.05, 4.69) is 140 Å². The molecule has 170 valence electrons. The summed E-state index contributed by atoms with van der Waals surface area (Å²) in [6.45, 7) is 20.6. The van der Waals surface area contributed by atoms with Crippen LogP contribution in [-0.2, 0) is 16.2 Å². The van der Waals surface area contributed by atoms with E-state index in [9.17, 15) is 0 Å². The Morgan fingerprint density at radius 2 is 0.562 bits per heavy atom. The topological polar surface area (TPSA) is 0 Å². The first-order valence-corrected chi connectivity index (χ1v) is 19.1. The van der Waals surface area contributed by atoms with Crippen LogP contribution in [0.1, 0.15) is 79.0 Å². The van der Waals surface area contributed by atoms with E-state index < -0.39 is 18.4 Å². The van der Waals surface area contributed by atoms with Crippen LogP contribution >= 0.6 is 0 Å². The molecular formula is C31H42Sn. The molecule has 0 heterocycles. The Morgan fingerprint density at radius 3 is 0.719 bits per heavy atom. The Bertz CT molecular complexity index is 893. The summed E-state index contributed by atoms with van der Waals surface area (Å²) in [5, 5.41) is 0. The van der Waals surface area contributed by atoms with Crippen molar-refractivity contribution in [2.24, 2.45) is 0 Å². The summed E-state index contributed by atoms with van der Waals surface area (Å²) in [6, 6.07) is 28.7. The van der Waals surface area contributed by atoms with E-state index in [0.717, 1.165) is 0 Å². The Balaban J connectivity index is 2.17. The summed E-state index contributed by atoms with van der Waals surface area (Å²) in [4.78, 5) is 2.58. The Morgan fingerprint density at radius 1 is 0.375 bits per heavy atom. The van der Waals surface area contributed by atoms with Crippen molar-refractivity contribution < 1.29 is 0 Å². The zero-order chi connectivity index (χ0) is 23.9. The first-order chi connectivity index (χ1) is 14.6. The van der Waals surface area contributed by atoms with Crippen molar-refractivity contribution in [3.8, 4) is 0 Å². The van der Waals surface area contributed by atoms with Gasteiger partial charge in [-0.2, -0.15) is 0 Å². The van der Waals surface area contributed by atoms with E-state index in [-0.39, 0.29) is 16.2 Å². The molecule has 0 N–H and O–H groups in total. The molecule has 0 nitrogen and oxygen atoms in total. The van der Waals surface area contributed by atoms with Crippen LogP contribution in [0, 0.1) is 0 Å². The minimum atomic E-state index is -3.10. The number of hydrogen-bond donors (Lipinski definition) is 0. The minimum absolute atomic E-state index is 0.174. The molecule has 0 unspecified atom stereocenters. The second-order valence-corrected chi connectivity index (χ2v) is 24.0. The van der Waals surface area contributed by atoms with Crippen molar-refractivity contribution in [1.82, 2.24) is 0 Å². The predicted molar refractivity (Wildman–Crippen MR) is 146 cm³/mol. The molecule has 0 amide bonds. The molecule has 0 atom stereocenters. The molecule has 1 heteroatoms. The average molecular weight is 533 g/mol. The zero-order valence-electron chi connectivity index (χ0n) is 21.9. The zero-order valence-corrected chi connectivity index (χ0v) is 24.8. The second-order valence-electron chi connectivity index (χ2n) is 12.6. The van der Waals surface area contributed by atoms with Gasteiger partial charge < -0.3 is 0 Å². The molecule has 0 saturated carbocycles. The van der Waals surface area contributed by atoms with Gasteiger partial charge in [-0.1, -0.05) is 0 Å². The SMILES string of the molecule is CC(C)(C)c1cc[c]([Sn]([CH3])([c]2ccc(C(C)(C)C)cc2)[c]2ccc(C(C)(C)C)cc2)cc1. The van der Waals surface area contributed by atoms with Crippen molar-refractivity contribution >= 4 is 29.1 Å². The fourth-order valence-electron chi connectivity index (χ4n) is 4.41. The van der Waals surface area contributed by atoms with E-state index >= 15 is 0 Å². The van der Waals surface area contributed by atoms with Crippen molar-refractivity contribution in [2.75, 3.05) is 0 Å². The molecular weight excluding hydrogens is 491 g/mol. The van der Waals surface area contributed by atoms with Crippen LogP contribution in [0.3, 0.4) is 0 Å². The van der Waals surface area contributed by atoms with Crippen LogP contribution in [0.4, 0.5) is 0 Å². The van der Waals surface area contributed by atoms with Crippen molar-refractivity contribution in [3.63, 3.8) is 0 Å². The molecule has 3 aromatic carbocycles. The van der Waals surface area contributed by atoms with Gasteiger partial charge in [-0.15, -0.1) is 0 Å². The Hall–Kier alpha value is -1.54. The van der Waals surface area contributed by atoms with Gasteiger partial charge >= 0.3 is 202 Å². The molecule has 0 aromatic heterocycles. The van der Waals surface area contributed by atoms with Crippen LogP contribution in [0.2, 0.25) is 4.94 Å². The maximum absolute atomic E-state index is 3.10. The molecule has 32 heavy (non-hydrogen) atoms. The van der Waals surface area contributed by atoms with E-state index in [1.807, 2.05) is 0 Å². The van der Waals surface area contributed by atoms with E-state index in [0.29, 0.717) is 0 Å². The summed E-state index contributed by atoms with van der Waals surface area (Å²) in [5.41, 5.74) is 4.73. The van der Waals surface area contributed by atoms with Gasteiger partial charge in [0, 0.05) is 0 Å². The number of hydrogen-bond acceptors (Lipinski definition) is 0. The predicted octanol–water partition coefficient (Wildman–Crippen LogP) is 6.68. The van der Waals surface area contributed by atoms with Gasteiger partial charge in [-0.05, 0) is 0 Å². The summed E-state index contributed by atoms with van der Waals surface area (Å²) >= 11 is -3.10. The summed E-state index contributed by atoms with van der Waals surface area (Å²) in [6.07, 6.45) is 0. The molecule has 0 aliphatic carbocycles. The third-order valence-electron chi connectivity index (χ3n) is 6.98. The summed E-state index contributed by atoms with van der Waals surface area (Å²) < 4.78 is 4.62. The molecule has 3 aromatic rings.